The largest absolute Gasteiger partial charge is 0.404 e. The Labute approximate surface area is 221 Å². The number of alkyl halides is 2. The van der Waals surface area contributed by atoms with Crippen molar-refractivity contribution in [1.82, 2.24) is 19.7 Å². The van der Waals surface area contributed by atoms with E-state index >= 15 is 0 Å². The molecule has 38 heavy (non-hydrogen) atoms. The summed E-state index contributed by atoms with van der Waals surface area (Å²) in [6, 6.07) is 3.63. The highest BCUT2D eigenvalue weighted by Gasteiger charge is 2.34. The first-order valence-corrected chi connectivity index (χ1v) is 13.2. The summed E-state index contributed by atoms with van der Waals surface area (Å²) in [7, 11) is 1.59. The van der Waals surface area contributed by atoms with Crippen LogP contribution in [0.25, 0.3) is 5.57 Å². The number of nitrogens with zero attached hydrogens (tertiary/aromatic N) is 6. The predicted molar refractivity (Wildman–Crippen MR) is 144 cm³/mol. The minimum Gasteiger partial charge on any atom is -0.404 e. The topological polar surface area (TPSA) is 109 Å². The van der Waals surface area contributed by atoms with Gasteiger partial charge >= 0.3 is 0 Å². The van der Waals surface area contributed by atoms with Gasteiger partial charge in [-0.2, -0.15) is 5.10 Å². The summed E-state index contributed by atoms with van der Waals surface area (Å²) >= 11 is 0. The van der Waals surface area contributed by atoms with Crippen molar-refractivity contribution in [3.05, 3.63) is 46.3 Å². The number of fused-ring (bicyclic) bond motifs is 2. The maximum Gasteiger partial charge on any atom is 0.264 e. The zero-order chi connectivity index (χ0) is 27.0. The molecule has 11 heteroatoms. The fourth-order valence-corrected chi connectivity index (χ4v) is 5.99. The Morgan fingerprint density at radius 2 is 1.95 bits per heavy atom. The molecule has 3 aliphatic rings. The maximum absolute atomic E-state index is 14.3. The van der Waals surface area contributed by atoms with Gasteiger partial charge in [-0.05, 0) is 48.9 Å². The normalized spacial score (nSPS) is 19.4. The molecule has 4 heterocycles. The van der Waals surface area contributed by atoms with E-state index in [0.29, 0.717) is 37.2 Å². The lowest BCUT2D eigenvalue weighted by atomic mass is 9.92. The minimum absolute atomic E-state index is 0.0214. The van der Waals surface area contributed by atoms with Gasteiger partial charge in [-0.15, -0.1) is 0 Å². The highest BCUT2D eigenvalue weighted by atomic mass is 19.3. The van der Waals surface area contributed by atoms with Gasteiger partial charge in [-0.1, -0.05) is 0 Å². The highest BCUT2D eigenvalue weighted by molar-refractivity contribution is 6.10. The van der Waals surface area contributed by atoms with Gasteiger partial charge < -0.3 is 15.5 Å². The van der Waals surface area contributed by atoms with E-state index in [2.05, 4.69) is 14.6 Å². The fraction of sp³-hybridized carbons (Fsp3) is 0.519. The quantitative estimate of drug-likeness (QED) is 0.457. The smallest absolute Gasteiger partial charge is 0.264 e. The lowest BCUT2D eigenvalue weighted by Gasteiger charge is -2.33. The SMILES string of the molecule is CN=CC(=CN)c1cc2c(cc1C(F)F)N(c1nn(C3CCN(N)CC3)c3c1CN(C(C)=O)CC3)CCC2. The molecule has 1 saturated heterocycles. The van der Waals surface area contributed by atoms with Gasteiger partial charge in [-0.3, -0.25) is 20.3 Å². The third-order valence-electron chi connectivity index (χ3n) is 7.97. The molecule has 0 spiro atoms. The Balaban J connectivity index is 1.62. The van der Waals surface area contributed by atoms with E-state index in [1.807, 2.05) is 16.0 Å². The van der Waals surface area contributed by atoms with Crippen molar-refractivity contribution in [2.75, 3.05) is 38.1 Å². The molecular formula is C27H36F2N8O. The first kappa shape index (κ1) is 26.3. The number of hydrazine groups is 1. The van der Waals surface area contributed by atoms with Crippen LogP contribution in [0.15, 0.2) is 23.3 Å². The van der Waals surface area contributed by atoms with Gasteiger partial charge in [0.2, 0.25) is 5.91 Å². The second kappa shape index (κ2) is 10.8. The summed E-state index contributed by atoms with van der Waals surface area (Å²) in [5.41, 5.74) is 10.4. The van der Waals surface area contributed by atoms with Gasteiger partial charge in [0.25, 0.3) is 6.43 Å². The summed E-state index contributed by atoms with van der Waals surface area (Å²) in [6.07, 6.45) is 4.27. The Morgan fingerprint density at radius 1 is 1.18 bits per heavy atom. The molecule has 3 aliphatic heterocycles. The lowest BCUT2D eigenvalue weighted by Crippen LogP contribution is -2.40. The summed E-state index contributed by atoms with van der Waals surface area (Å²) in [5, 5.41) is 6.98. The van der Waals surface area contributed by atoms with Crippen molar-refractivity contribution in [3.8, 4) is 0 Å². The van der Waals surface area contributed by atoms with Crippen molar-refractivity contribution in [2.24, 2.45) is 16.6 Å². The molecule has 0 atom stereocenters. The number of allylic oxidation sites excluding steroid dienone is 1. The molecule has 0 bridgehead atoms. The number of carbonyl (C=O) groups excluding carboxylic acids is 1. The number of benzene rings is 1. The van der Waals surface area contributed by atoms with Gasteiger partial charge in [0, 0.05) is 87.1 Å². The zero-order valence-electron chi connectivity index (χ0n) is 22.0. The first-order valence-electron chi connectivity index (χ1n) is 13.2. The van der Waals surface area contributed by atoms with Crippen LogP contribution in [0.2, 0.25) is 0 Å². The number of anilines is 2. The van der Waals surface area contributed by atoms with Crippen LogP contribution in [0.4, 0.5) is 20.3 Å². The Hall–Kier alpha value is -3.31. The predicted octanol–water partition coefficient (Wildman–Crippen LogP) is 3.32. The monoisotopic (exact) mass is 526 g/mol. The zero-order valence-corrected chi connectivity index (χ0v) is 22.0. The number of hydrogen-bond acceptors (Lipinski definition) is 7. The molecule has 1 amide bonds. The Kier molecular flexibility index (Phi) is 7.49. The third kappa shape index (κ3) is 4.80. The van der Waals surface area contributed by atoms with Crippen molar-refractivity contribution < 1.29 is 13.6 Å². The number of nitrogens with two attached hydrogens (primary N) is 2. The molecule has 204 valence electrons. The highest BCUT2D eigenvalue weighted by Crippen LogP contribution is 2.42. The molecule has 0 unspecified atom stereocenters. The number of carbonyl (C=O) groups is 1. The van der Waals surface area contributed by atoms with Gasteiger partial charge in [0.1, 0.15) is 0 Å². The molecule has 1 fully saturated rings. The first-order chi connectivity index (χ1) is 18.3. The third-order valence-corrected chi connectivity index (χ3v) is 7.97. The van der Waals surface area contributed by atoms with Gasteiger partial charge in [0.05, 0.1) is 12.6 Å². The van der Waals surface area contributed by atoms with Crippen molar-refractivity contribution in [1.29, 1.82) is 0 Å². The van der Waals surface area contributed by atoms with Crippen LogP contribution in [-0.4, -0.2) is 65.0 Å². The fourth-order valence-electron chi connectivity index (χ4n) is 5.99. The van der Waals surface area contributed by atoms with E-state index in [1.165, 1.54) is 12.4 Å². The van der Waals surface area contributed by atoms with Gasteiger partial charge in [-0.25, -0.2) is 13.8 Å². The standard InChI is InChI=1S/C27H36F2N8O/c1-17(38)34-9-7-24-23(16-34)27(33-37(24)20-5-10-35(31)11-6-20)36-8-3-4-18-12-21(19(14-30)15-32-2)22(26(28)29)13-25(18)36/h12-15,20,26H,3-11,16,30-31H2,1-2H3. The van der Waals surface area contributed by atoms with Crippen molar-refractivity contribution in [3.63, 3.8) is 0 Å². The average molecular weight is 527 g/mol. The number of amides is 1. The number of aromatic nitrogens is 2. The second-order valence-electron chi connectivity index (χ2n) is 10.3. The Morgan fingerprint density at radius 3 is 2.61 bits per heavy atom. The molecule has 1 aromatic carbocycles. The molecule has 1 aromatic heterocycles. The molecule has 0 radical (unpaired) electrons. The summed E-state index contributed by atoms with van der Waals surface area (Å²) in [6.45, 7) is 4.94. The van der Waals surface area contributed by atoms with E-state index < -0.39 is 6.43 Å². The number of aliphatic imine (C=N–C) groups is 1. The summed E-state index contributed by atoms with van der Waals surface area (Å²) in [4.78, 5) is 20.2. The molecule has 9 nitrogen and oxygen atoms in total. The van der Waals surface area contributed by atoms with Crippen LogP contribution in [0, 0.1) is 0 Å². The van der Waals surface area contributed by atoms with E-state index in [-0.39, 0.29) is 17.5 Å². The molecular weight excluding hydrogens is 490 g/mol. The van der Waals surface area contributed by atoms with Crippen LogP contribution in [0.5, 0.6) is 0 Å². The average Bonchev–Trinajstić information content (AvgIpc) is 3.29. The molecule has 4 N–H and O–H groups in total. The number of rotatable bonds is 5. The number of aryl methyl sites for hydroxylation is 1. The van der Waals surface area contributed by atoms with Crippen LogP contribution in [0.1, 0.15) is 66.6 Å². The maximum atomic E-state index is 14.3. The minimum atomic E-state index is -2.68. The van der Waals surface area contributed by atoms with E-state index in [1.54, 1.807) is 20.0 Å². The van der Waals surface area contributed by atoms with Crippen LogP contribution in [-0.2, 0) is 24.2 Å². The summed E-state index contributed by atoms with van der Waals surface area (Å²) in [5.74, 6) is 6.80. The van der Waals surface area contributed by atoms with Crippen molar-refractivity contribution in [2.45, 2.75) is 58.0 Å². The van der Waals surface area contributed by atoms with Crippen LogP contribution < -0.4 is 16.5 Å². The number of hydrogen-bond donors (Lipinski definition) is 2. The summed E-state index contributed by atoms with van der Waals surface area (Å²) < 4.78 is 30.8. The van der Waals surface area contributed by atoms with Crippen LogP contribution in [0.3, 0.4) is 0 Å². The molecule has 0 aliphatic carbocycles. The lowest BCUT2D eigenvalue weighted by molar-refractivity contribution is -0.129. The number of piperidine rings is 1. The molecule has 0 saturated carbocycles. The van der Waals surface area contributed by atoms with Crippen LogP contribution >= 0.6 is 0 Å². The molecule has 5 rings (SSSR count). The Bertz CT molecular complexity index is 1260. The molecule has 2 aromatic rings. The number of halogens is 2. The van der Waals surface area contributed by atoms with E-state index in [4.69, 9.17) is 16.7 Å². The second-order valence-corrected chi connectivity index (χ2v) is 10.3. The van der Waals surface area contributed by atoms with Crippen molar-refractivity contribution >= 4 is 29.2 Å². The van der Waals surface area contributed by atoms with Gasteiger partial charge in [0.15, 0.2) is 5.82 Å². The van der Waals surface area contributed by atoms with E-state index in [9.17, 15) is 13.6 Å². The van der Waals surface area contributed by atoms with E-state index in [0.717, 1.165) is 67.1 Å².